The first-order chi connectivity index (χ1) is 15.0. The van der Waals surface area contributed by atoms with Crippen molar-refractivity contribution in [3.63, 3.8) is 0 Å². The van der Waals surface area contributed by atoms with E-state index in [0.717, 1.165) is 42.2 Å². The fraction of sp³-hybridized carbons (Fsp3) is 0.304. The molecule has 1 fully saturated rings. The summed E-state index contributed by atoms with van der Waals surface area (Å²) in [4.78, 5) is 14.6. The van der Waals surface area contributed by atoms with Crippen molar-refractivity contribution < 1.29 is 13.9 Å². The summed E-state index contributed by atoms with van der Waals surface area (Å²) >= 11 is 6.04. The van der Waals surface area contributed by atoms with E-state index in [9.17, 15) is 9.18 Å². The van der Waals surface area contributed by atoms with Gasteiger partial charge in [0.15, 0.2) is 5.82 Å². The number of nitrogens with one attached hydrogen (secondary N) is 2. The second kappa shape index (κ2) is 9.39. The number of piperidine rings is 1. The number of hydrogen-bond donors (Lipinski definition) is 2. The van der Waals surface area contributed by atoms with E-state index in [0.29, 0.717) is 6.54 Å². The Labute approximate surface area is 185 Å². The normalized spacial score (nSPS) is 16.2. The number of rotatable bonds is 6. The topological polar surface area (TPSA) is 70.2 Å². The number of aromatic amines is 1. The molecule has 0 spiro atoms. The van der Waals surface area contributed by atoms with E-state index in [1.807, 2.05) is 30.3 Å². The van der Waals surface area contributed by atoms with E-state index in [2.05, 4.69) is 20.4 Å². The van der Waals surface area contributed by atoms with Gasteiger partial charge in [0, 0.05) is 35.8 Å². The van der Waals surface area contributed by atoms with Gasteiger partial charge in [0.05, 0.1) is 19.2 Å². The Morgan fingerprint density at radius 1 is 1.32 bits per heavy atom. The minimum absolute atomic E-state index is 0.0343. The van der Waals surface area contributed by atoms with Gasteiger partial charge in [-0.3, -0.25) is 9.89 Å². The third-order valence-corrected chi connectivity index (χ3v) is 5.83. The minimum atomic E-state index is -0.462. The average Bonchev–Trinajstić information content (AvgIpc) is 3.27. The van der Waals surface area contributed by atoms with Crippen molar-refractivity contribution in [2.24, 2.45) is 0 Å². The van der Waals surface area contributed by atoms with Crippen LogP contribution in [0.4, 0.5) is 10.2 Å². The van der Waals surface area contributed by atoms with Crippen LogP contribution in [0.2, 0.25) is 5.02 Å². The van der Waals surface area contributed by atoms with Gasteiger partial charge < -0.3 is 15.0 Å². The lowest BCUT2D eigenvalue weighted by atomic mass is 10.0. The zero-order valence-electron chi connectivity index (χ0n) is 17.2. The zero-order chi connectivity index (χ0) is 21.8. The van der Waals surface area contributed by atoms with E-state index < -0.39 is 5.82 Å². The Hall–Kier alpha value is -3.06. The van der Waals surface area contributed by atoms with Crippen LogP contribution in [-0.2, 0) is 11.2 Å². The van der Waals surface area contributed by atoms with Crippen LogP contribution >= 0.6 is 11.6 Å². The van der Waals surface area contributed by atoms with Crippen LogP contribution in [0.5, 0.6) is 5.75 Å². The molecule has 2 heterocycles. The van der Waals surface area contributed by atoms with Crippen molar-refractivity contribution in [2.45, 2.75) is 25.3 Å². The number of nitrogens with zero attached hydrogens (tertiary/aromatic N) is 2. The monoisotopic (exact) mass is 442 g/mol. The summed E-state index contributed by atoms with van der Waals surface area (Å²) in [6.07, 6.45) is 1.71. The van der Waals surface area contributed by atoms with Crippen LogP contribution in [0.1, 0.15) is 18.4 Å². The van der Waals surface area contributed by atoms with Gasteiger partial charge in [-0.1, -0.05) is 17.7 Å². The molecule has 1 saturated heterocycles. The maximum Gasteiger partial charge on any atom is 0.224 e. The lowest BCUT2D eigenvalue weighted by molar-refractivity contribution is -0.121. The molecule has 0 radical (unpaired) electrons. The molecule has 8 heteroatoms. The quantitative estimate of drug-likeness (QED) is 0.600. The van der Waals surface area contributed by atoms with E-state index in [4.69, 9.17) is 16.3 Å². The summed E-state index contributed by atoms with van der Waals surface area (Å²) in [6, 6.07) is 14.2. The number of H-pyrrole nitrogens is 1. The number of methoxy groups -OCH3 is 1. The maximum atomic E-state index is 14.0. The van der Waals surface area contributed by atoms with Crippen molar-refractivity contribution in [1.82, 2.24) is 15.5 Å². The van der Waals surface area contributed by atoms with Gasteiger partial charge in [0.2, 0.25) is 5.91 Å². The largest absolute Gasteiger partial charge is 0.497 e. The molecule has 1 aliphatic rings. The minimum Gasteiger partial charge on any atom is -0.497 e. The zero-order valence-corrected chi connectivity index (χ0v) is 18.0. The van der Waals surface area contributed by atoms with Crippen LogP contribution < -0.4 is 15.0 Å². The molecule has 0 aliphatic carbocycles. The van der Waals surface area contributed by atoms with E-state index >= 15 is 0 Å². The van der Waals surface area contributed by atoms with Gasteiger partial charge >= 0.3 is 0 Å². The molecule has 31 heavy (non-hydrogen) atoms. The number of aromatic nitrogens is 2. The van der Waals surface area contributed by atoms with E-state index in [1.165, 1.54) is 12.1 Å². The maximum absolute atomic E-state index is 14.0. The van der Waals surface area contributed by atoms with Crippen LogP contribution in [0.25, 0.3) is 11.3 Å². The number of carbonyl (C=O) groups is 1. The van der Waals surface area contributed by atoms with Gasteiger partial charge in [-0.05, 0) is 54.8 Å². The third-order valence-electron chi connectivity index (χ3n) is 5.47. The fourth-order valence-corrected chi connectivity index (χ4v) is 4.06. The summed E-state index contributed by atoms with van der Waals surface area (Å²) in [5.41, 5.74) is 2.16. The number of halogens is 2. The third kappa shape index (κ3) is 4.99. The molecule has 2 aromatic carbocycles. The highest BCUT2D eigenvalue weighted by molar-refractivity contribution is 6.31. The Bertz CT molecular complexity index is 1030. The molecule has 1 aromatic heterocycles. The van der Waals surface area contributed by atoms with Crippen molar-refractivity contribution in [3.05, 3.63) is 64.9 Å². The summed E-state index contributed by atoms with van der Waals surface area (Å²) in [7, 11) is 1.64. The predicted octanol–water partition coefficient (Wildman–Crippen LogP) is 4.21. The molecule has 0 saturated carbocycles. The van der Waals surface area contributed by atoms with Crippen molar-refractivity contribution in [1.29, 1.82) is 0 Å². The lowest BCUT2D eigenvalue weighted by Gasteiger charge is -2.33. The average molecular weight is 443 g/mol. The molecule has 162 valence electrons. The summed E-state index contributed by atoms with van der Waals surface area (Å²) in [5, 5.41) is 10.8. The highest BCUT2D eigenvalue weighted by Crippen LogP contribution is 2.26. The van der Waals surface area contributed by atoms with Gasteiger partial charge in [-0.25, -0.2) is 4.39 Å². The Morgan fingerprint density at radius 3 is 2.87 bits per heavy atom. The van der Waals surface area contributed by atoms with Gasteiger partial charge in [0.25, 0.3) is 0 Å². The first-order valence-electron chi connectivity index (χ1n) is 10.2. The molecule has 0 unspecified atom stereocenters. The summed E-state index contributed by atoms with van der Waals surface area (Å²) in [5.74, 6) is 0.937. The molecule has 1 amide bonds. The molecule has 1 aliphatic heterocycles. The highest BCUT2D eigenvalue weighted by Gasteiger charge is 2.24. The first kappa shape index (κ1) is 21.2. The van der Waals surface area contributed by atoms with Gasteiger partial charge in [0.1, 0.15) is 11.6 Å². The van der Waals surface area contributed by atoms with Crippen molar-refractivity contribution in [3.8, 4) is 17.0 Å². The van der Waals surface area contributed by atoms with Crippen molar-refractivity contribution >= 4 is 23.3 Å². The lowest BCUT2D eigenvalue weighted by Crippen LogP contribution is -2.48. The molecule has 4 rings (SSSR count). The summed E-state index contributed by atoms with van der Waals surface area (Å²) in [6.45, 7) is 1.50. The predicted molar refractivity (Wildman–Crippen MR) is 119 cm³/mol. The van der Waals surface area contributed by atoms with Crippen molar-refractivity contribution in [2.75, 3.05) is 25.1 Å². The molecule has 3 aromatic rings. The molecular formula is C23H24ClFN4O2. The second-order valence-electron chi connectivity index (χ2n) is 7.60. The number of ether oxygens (including phenoxy) is 1. The van der Waals surface area contributed by atoms with E-state index in [-0.39, 0.29) is 29.0 Å². The number of benzene rings is 2. The van der Waals surface area contributed by atoms with E-state index in [1.54, 1.807) is 13.2 Å². The van der Waals surface area contributed by atoms with Crippen LogP contribution in [0.3, 0.4) is 0 Å². The number of amides is 1. The molecule has 1 atom stereocenters. The molecular weight excluding hydrogens is 419 g/mol. The standard InChI is InChI=1S/C23H24ClFN4O2/c1-31-17-9-7-15(8-10-17)21-13-22(28-27-21)29-11-3-4-16(14-29)26-23(30)12-18-19(24)5-2-6-20(18)25/h2,5-10,13,16H,3-4,11-12,14H2,1H3,(H,26,30)(H,27,28)/t16-/m1/s1. The summed E-state index contributed by atoms with van der Waals surface area (Å²) < 4.78 is 19.2. The first-order valence-corrected chi connectivity index (χ1v) is 10.6. The molecule has 6 nitrogen and oxygen atoms in total. The number of anilines is 1. The van der Waals surface area contributed by atoms with Gasteiger partial charge in [-0.15, -0.1) is 0 Å². The Kier molecular flexibility index (Phi) is 6.42. The molecule has 2 N–H and O–H groups in total. The fourth-order valence-electron chi connectivity index (χ4n) is 3.84. The SMILES string of the molecule is COc1ccc(-c2cc(N3CCC[C@@H](NC(=O)Cc4c(F)cccc4Cl)C3)n[nH]2)cc1. The number of hydrogen-bond acceptors (Lipinski definition) is 4. The van der Waals surface area contributed by atoms with Gasteiger partial charge in [-0.2, -0.15) is 5.10 Å². The second-order valence-corrected chi connectivity index (χ2v) is 8.01. The van der Waals surface area contributed by atoms with Crippen LogP contribution in [0.15, 0.2) is 48.5 Å². The van der Waals surface area contributed by atoms with Crippen LogP contribution in [-0.4, -0.2) is 42.3 Å². The van der Waals surface area contributed by atoms with Crippen LogP contribution in [0, 0.1) is 5.82 Å². The number of carbonyl (C=O) groups excluding carboxylic acids is 1. The Balaban J connectivity index is 1.38. The highest BCUT2D eigenvalue weighted by atomic mass is 35.5. The Morgan fingerprint density at radius 2 is 2.13 bits per heavy atom. The smallest absolute Gasteiger partial charge is 0.224 e. The molecule has 0 bridgehead atoms.